The largest absolute Gasteiger partial charge is 0.496 e. The minimum absolute atomic E-state index is 0.186. The Balaban J connectivity index is 2.09. The molecule has 2 aromatic carbocycles. The van der Waals surface area contributed by atoms with Crippen molar-refractivity contribution >= 4 is 17.6 Å². The van der Waals surface area contributed by atoms with Gasteiger partial charge in [-0.1, -0.05) is 41.9 Å². The fraction of sp³-hybridized carbons (Fsp3) is 0.235. The van der Waals surface area contributed by atoms with Crippen molar-refractivity contribution in [1.82, 2.24) is 0 Å². The van der Waals surface area contributed by atoms with Gasteiger partial charge in [-0.15, -0.1) is 0 Å². The van der Waals surface area contributed by atoms with E-state index in [1.165, 1.54) is 7.11 Å². The lowest BCUT2D eigenvalue weighted by molar-refractivity contribution is -0.151. The Labute approximate surface area is 134 Å². The average molecular weight is 321 g/mol. The van der Waals surface area contributed by atoms with Crippen molar-refractivity contribution in [1.29, 1.82) is 0 Å². The second-order valence-electron chi connectivity index (χ2n) is 4.78. The lowest BCUT2D eigenvalue weighted by Gasteiger charge is -2.16. The lowest BCUT2D eigenvalue weighted by Crippen LogP contribution is -2.26. The fourth-order valence-corrected chi connectivity index (χ4v) is 2.29. The maximum Gasteiger partial charge on any atom is 0.333 e. The van der Waals surface area contributed by atoms with Crippen molar-refractivity contribution < 1.29 is 19.4 Å². The number of rotatable bonds is 7. The molecule has 5 heteroatoms. The quantitative estimate of drug-likeness (QED) is 0.847. The van der Waals surface area contributed by atoms with Gasteiger partial charge in [0.05, 0.1) is 13.7 Å². The van der Waals surface area contributed by atoms with Crippen LogP contribution in [-0.2, 0) is 22.6 Å². The average Bonchev–Trinajstić information content (AvgIpc) is 2.52. The maximum absolute atomic E-state index is 11.4. The molecule has 0 bridgehead atoms. The predicted molar refractivity (Wildman–Crippen MR) is 84.4 cm³/mol. The summed E-state index contributed by atoms with van der Waals surface area (Å²) in [5.41, 5.74) is 1.63. The minimum atomic E-state index is -1.02. The SMILES string of the molecule is COc1ccc(Cl)cc1C[C@H](OCc1ccccc1)C(=O)O. The Bertz CT molecular complexity index is 628. The highest BCUT2D eigenvalue weighted by atomic mass is 35.5. The van der Waals surface area contributed by atoms with Gasteiger partial charge in [0.15, 0.2) is 6.10 Å². The van der Waals surface area contributed by atoms with Crippen molar-refractivity contribution in [2.75, 3.05) is 7.11 Å². The first-order chi connectivity index (χ1) is 10.6. The highest BCUT2D eigenvalue weighted by molar-refractivity contribution is 6.30. The summed E-state index contributed by atoms with van der Waals surface area (Å²) in [5, 5.41) is 9.88. The molecule has 0 amide bonds. The van der Waals surface area contributed by atoms with Crippen molar-refractivity contribution in [2.45, 2.75) is 19.1 Å². The van der Waals surface area contributed by atoms with Crippen LogP contribution in [0.15, 0.2) is 48.5 Å². The molecule has 1 N–H and O–H groups in total. The van der Waals surface area contributed by atoms with Crippen LogP contribution < -0.4 is 4.74 Å². The van der Waals surface area contributed by atoms with Crippen LogP contribution >= 0.6 is 11.6 Å². The topological polar surface area (TPSA) is 55.8 Å². The first-order valence-corrected chi connectivity index (χ1v) is 7.18. The summed E-state index contributed by atoms with van der Waals surface area (Å²) in [6.45, 7) is 0.237. The van der Waals surface area contributed by atoms with Gasteiger partial charge < -0.3 is 14.6 Å². The minimum Gasteiger partial charge on any atom is -0.496 e. The zero-order valence-electron chi connectivity index (χ0n) is 12.2. The van der Waals surface area contributed by atoms with E-state index >= 15 is 0 Å². The molecule has 4 nitrogen and oxygen atoms in total. The second-order valence-corrected chi connectivity index (χ2v) is 5.22. The molecule has 2 aromatic rings. The molecule has 0 aliphatic heterocycles. The molecule has 0 heterocycles. The Morgan fingerprint density at radius 1 is 1.23 bits per heavy atom. The summed E-state index contributed by atoms with van der Waals surface area (Å²) in [6, 6.07) is 14.6. The molecule has 0 aromatic heterocycles. The van der Waals surface area contributed by atoms with Gasteiger partial charge in [-0.05, 0) is 29.3 Å². The Kier molecular flexibility index (Phi) is 5.81. The van der Waals surface area contributed by atoms with E-state index in [0.29, 0.717) is 16.3 Å². The second kappa shape index (κ2) is 7.82. The van der Waals surface area contributed by atoms with Gasteiger partial charge in [-0.2, -0.15) is 0 Å². The number of hydrogen-bond donors (Lipinski definition) is 1. The van der Waals surface area contributed by atoms with Crippen molar-refractivity contribution in [3.8, 4) is 5.75 Å². The number of halogens is 1. The highest BCUT2D eigenvalue weighted by Crippen LogP contribution is 2.24. The standard InChI is InChI=1S/C17H17ClO4/c1-21-15-8-7-14(18)9-13(15)10-16(17(19)20)22-11-12-5-3-2-4-6-12/h2-9,16H,10-11H2,1H3,(H,19,20)/t16-/m0/s1. The van der Waals surface area contributed by atoms with E-state index < -0.39 is 12.1 Å². The van der Waals surface area contributed by atoms with Crippen molar-refractivity contribution in [3.63, 3.8) is 0 Å². The zero-order chi connectivity index (χ0) is 15.9. The summed E-state index contributed by atoms with van der Waals surface area (Å²) >= 11 is 5.97. The molecule has 0 spiro atoms. The van der Waals surface area contributed by atoms with E-state index in [0.717, 1.165) is 5.56 Å². The summed E-state index contributed by atoms with van der Waals surface area (Å²) in [5.74, 6) is -0.420. The van der Waals surface area contributed by atoms with Gasteiger partial charge in [-0.3, -0.25) is 0 Å². The van der Waals surface area contributed by atoms with E-state index in [4.69, 9.17) is 21.1 Å². The van der Waals surface area contributed by atoms with Crippen LogP contribution in [0.1, 0.15) is 11.1 Å². The molecule has 0 saturated heterocycles. The Hall–Kier alpha value is -2.04. The van der Waals surface area contributed by atoms with Gasteiger partial charge in [-0.25, -0.2) is 4.79 Å². The van der Waals surface area contributed by atoms with Gasteiger partial charge in [0.25, 0.3) is 0 Å². The van der Waals surface area contributed by atoms with Crippen LogP contribution in [0.3, 0.4) is 0 Å². The lowest BCUT2D eigenvalue weighted by atomic mass is 10.1. The van der Waals surface area contributed by atoms with E-state index in [2.05, 4.69) is 0 Å². The van der Waals surface area contributed by atoms with Crippen LogP contribution in [0.25, 0.3) is 0 Å². The molecule has 0 unspecified atom stereocenters. The van der Waals surface area contributed by atoms with Crippen LogP contribution in [0.5, 0.6) is 5.75 Å². The van der Waals surface area contributed by atoms with E-state index in [-0.39, 0.29) is 13.0 Å². The van der Waals surface area contributed by atoms with E-state index in [1.807, 2.05) is 30.3 Å². The molecular formula is C17H17ClO4. The molecule has 0 aliphatic rings. The number of ether oxygens (including phenoxy) is 2. The number of methoxy groups -OCH3 is 1. The smallest absolute Gasteiger partial charge is 0.333 e. The third-order valence-corrected chi connectivity index (χ3v) is 3.45. The number of aliphatic carboxylic acids is 1. The van der Waals surface area contributed by atoms with Gasteiger partial charge in [0.1, 0.15) is 5.75 Å². The third kappa shape index (κ3) is 4.48. The zero-order valence-corrected chi connectivity index (χ0v) is 12.9. The predicted octanol–water partition coefficient (Wildman–Crippen LogP) is 3.56. The van der Waals surface area contributed by atoms with Crippen LogP contribution in [0.4, 0.5) is 0 Å². The van der Waals surface area contributed by atoms with Gasteiger partial charge in [0, 0.05) is 11.4 Å². The molecule has 0 fully saturated rings. The molecule has 0 saturated carbocycles. The fourth-order valence-electron chi connectivity index (χ4n) is 2.09. The van der Waals surface area contributed by atoms with Gasteiger partial charge in [0.2, 0.25) is 0 Å². The number of carboxylic acid groups (broad SMARTS) is 1. The van der Waals surface area contributed by atoms with Crippen molar-refractivity contribution in [2.24, 2.45) is 0 Å². The van der Waals surface area contributed by atoms with Gasteiger partial charge >= 0.3 is 5.97 Å². The molecule has 22 heavy (non-hydrogen) atoms. The van der Waals surface area contributed by atoms with E-state index in [1.54, 1.807) is 18.2 Å². The Morgan fingerprint density at radius 2 is 1.95 bits per heavy atom. The van der Waals surface area contributed by atoms with Crippen LogP contribution in [0, 0.1) is 0 Å². The molecule has 1 atom stereocenters. The van der Waals surface area contributed by atoms with E-state index in [9.17, 15) is 9.90 Å². The molecule has 2 rings (SSSR count). The molecule has 116 valence electrons. The van der Waals surface area contributed by atoms with Crippen molar-refractivity contribution in [3.05, 3.63) is 64.7 Å². The number of carboxylic acids is 1. The third-order valence-electron chi connectivity index (χ3n) is 3.22. The normalized spacial score (nSPS) is 11.9. The molecular weight excluding hydrogens is 304 g/mol. The van der Waals surface area contributed by atoms with Crippen LogP contribution in [-0.4, -0.2) is 24.3 Å². The number of benzene rings is 2. The summed E-state index contributed by atoms with van der Waals surface area (Å²) < 4.78 is 10.8. The maximum atomic E-state index is 11.4. The molecule has 0 aliphatic carbocycles. The Morgan fingerprint density at radius 3 is 2.59 bits per heavy atom. The summed E-state index contributed by atoms with van der Waals surface area (Å²) in [7, 11) is 1.54. The summed E-state index contributed by atoms with van der Waals surface area (Å²) in [6.07, 6.45) is -0.779. The molecule has 0 radical (unpaired) electrons. The monoisotopic (exact) mass is 320 g/mol. The highest BCUT2D eigenvalue weighted by Gasteiger charge is 2.21. The summed E-state index contributed by atoms with van der Waals surface area (Å²) in [4.78, 5) is 11.4. The number of hydrogen-bond acceptors (Lipinski definition) is 3. The first kappa shape index (κ1) is 16.3. The first-order valence-electron chi connectivity index (χ1n) is 6.81. The number of carbonyl (C=O) groups is 1. The van der Waals surface area contributed by atoms with Crippen LogP contribution in [0.2, 0.25) is 5.02 Å².